The van der Waals surface area contributed by atoms with Crippen molar-refractivity contribution in [2.75, 3.05) is 60.9 Å². The summed E-state index contributed by atoms with van der Waals surface area (Å²) in [6.45, 7) is 7.59. The van der Waals surface area contributed by atoms with E-state index in [0.717, 1.165) is 46.1 Å². The summed E-state index contributed by atoms with van der Waals surface area (Å²) in [5, 5.41) is 11.2. The number of nitrogen functional groups attached to an aromatic ring is 1. The molecule has 2 aliphatic rings. The highest BCUT2D eigenvalue weighted by atomic mass is 79.9. The second-order valence-corrected chi connectivity index (χ2v) is 9.52. The van der Waals surface area contributed by atoms with Crippen LogP contribution in [-0.2, 0) is 4.84 Å². The molecule has 8 nitrogen and oxygen atoms in total. The maximum absolute atomic E-state index is 12.9. The van der Waals surface area contributed by atoms with Crippen molar-refractivity contribution in [2.24, 2.45) is 0 Å². The maximum Gasteiger partial charge on any atom is 0.415 e. The Labute approximate surface area is 219 Å². The number of ether oxygens (including phenoxy) is 1. The van der Waals surface area contributed by atoms with Gasteiger partial charge in [0.25, 0.3) is 0 Å². The third kappa shape index (κ3) is 4.86. The van der Waals surface area contributed by atoms with Crippen molar-refractivity contribution in [3.8, 4) is 5.75 Å². The Morgan fingerprint density at radius 1 is 1.19 bits per heavy atom. The van der Waals surface area contributed by atoms with Crippen LogP contribution < -0.4 is 26.2 Å². The second kappa shape index (κ2) is 10.8. The quantitative estimate of drug-likeness (QED) is 0.221. The van der Waals surface area contributed by atoms with Crippen LogP contribution in [0.5, 0.6) is 5.75 Å². The Morgan fingerprint density at radius 2 is 1.97 bits per heavy atom. The molecular weight excluding hydrogens is 522 g/mol. The van der Waals surface area contributed by atoms with Gasteiger partial charge in [0.05, 0.1) is 12.2 Å². The van der Waals surface area contributed by atoms with E-state index in [1.165, 1.54) is 5.56 Å². The number of amides is 1. The molecule has 36 heavy (non-hydrogen) atoms. The van der Waals surface area contributed by atoms with Crippen LogP contribution in [0.2, 0.25) is 0 Å². The van der Waals surface area contributed by atoms with E-state index in [1.807, 2.05) is 47.5 Å². The molecule has 3 aromatic rings. The Bertz CT molecular complexity index is 1280. The highest BCUT2D eigenvalue weighted by Crippen LogP contribution is 2.45. The Kier molecular flexibility index (Phi) is 7.31. The minimum absolute atomic E-state index is 0.225. The lowest BCUT2D eigenvalue weighted by atomic mass is 9.95. The molecule has 188 valence electrons. The number of alkyl halides is 1. The molecule has 2 heterocycles. The summed E-state index contributed by atoms with van der Waals surface area (Å²) < 4.78 is 5.95. The van der Waals surface area contributed by atoms with Crippen LogP contribution in [0.25, 0.3) is 16.8 Å². The minimum Gasteiger partial charge on any atom is -0.409 e. The SMILES string of the molecule is C=Cc1cc(N)ccc1NCON1C[C@@H](CBr)c2c1cc(OC(=O)N1CCNCC1)c1ccccc21. The molecule has 1 atom stereocenters. The fourth-order valence-electron chi connectivity index (χ4n) is 4.81. The van der Waals surface area contributed by atoms with Crippen LogP contribution in [0.1, 0.15) is 17.0 Å². The fourth-order valence-corrected chi connectivity index (χ4v) is 5.34. The molecule has 0 aromatic heterocycles. The smallest absolute Gasteiger partial charge is 0.409 e. The highest BCUT2D eigenvalue weighted by molar-refractivity contribution is 9.09. The lowest BCUT2D eigenvalue weighted by Gasteiger charge is -2.27. The van der Waals surface area contributed by atoms with Gasteiger partial charge in [0.2, 0.25) is 0 Å². The van der Waals surface area contributed by atoms with E-state index in [0.29, 0.717) is 31.1 Å². The summed E-state index contributed by atoms with van der Waals surface area (Å²) in [4.78, 5) is 20.9. The summed E-state index contributed by atoms with van der Waals surface area (Å²) in [5.41, 5.74) is 10.5. The number of halogens is 1. The van der Waals surface area contributed by atoms with Crippen molar-refractivity contribution in [2.45, 2.75) is 5.92 Å². The molecule has 0 aliphatic carbocycles. The van der Waals surface area contributed by atoms with Crippen LogP contribution in [0.4, 0.5) is 21.9 Å². The second-order valence-electron chi connectivity index (χ2n) is 8.87. The maximum atomic E-state index is 12.9. The summed E-state index contributed by atoms with van der Waals surface area (Å²) in [7, 11) is 0. The third-order valence-electron chi connectivity index (χ3n) is 6.63. The molecule has 0 spiro atoms. The number of piperazine rings is 1. The van der Waals surface area contributed by atoms with Crippen molar-refractivity contribution in [1.82, 2.24) is 10.2 Å². The molecule has 2 aliphatic heterocycles. The van der Waals surface area contributed by atoms with Crippen molar-refractivity contribution in [3.63, 3.8) is 0 Å². The molecule has 9 heteroatoms. The first-order chi connectivity index (χ1) is 17.6. The zero-order valence-corrected chi connectivity index (χ0v) is 21.6. The molecule has 4 N–H and O–H groups in total. The van der Waals surface area contributed by atoms with Gasteiger partial charge < -0.3 is 26.0 Å². The van der Waals surface area contributed by atoms with Gasteiger partial charge in [-0.15, -0.1) is 0 Å². The molecule has 1 saturated heterocycles. The van der Waals surface area contributed by atoms with E-state index in [9.17, 15) is 4.79 Å². The van der Waals surface area contributed by atoms with Crippen LogP contribution in [0.15, 0.2) is 55.1 Å². The normalized spacial score (nSPS) is 17.2. The Balaban J connectivity index is 1.41. The number of carbonyl (C=O) groups excluding carboxylic acids is 1. The molecule has 1 amide bonds. The first-order valence-corrected chi connectivity index (χ1v) is 13.2. The van der Waals surface area contributed by atoms with Crippen molar-refractivity contribution >= 4 is 55.9 Å². The van der Waals surface area contributed by atoms with Crippen molar-refractivity contribution in [1.29, 1.82) is 0 Å². The van der Waals surface area contributed by atoms with E-state index in [-0.39, 0.29) is 18.7 Å². The summed E-state index contributed by atoms with van der Waals surface area (Å²) in [6.07, 6.45) is 1.43. The van der Waals surface area contributed by atoms with Gasteiger partial charge in [-0.25, -0.2) is 4.79 Å². The van der Waals surface area contributed by atoms with Crippen LogP contribution in [-0.4, -0.2) is 55.8 Å². The highest BCUT2D eigenvalue weighted by Gasteiger charge is 2.33. The third-order valence-corrected chi connectivity index (χ3v) is 7.41. The van der Waals surface area contributed by atoms with Gasteiger partial charge in [0.15, 0.2) is 0 Å². The largest absolute Gasteiger partial charge is 0.415 e. The Morgan fingerprint density at radius 3 is 2.72 bits per heavy atom. The molecule has 0 saturated carbocycles. The number of hydrogen-bond acceptors (Lipinski definition) is 7. The lowest BCUT2D eigenvalue weighted by molar-refractivity contribution is 0.127. The predicted octanol–water partition coefficient (Wildman–Crippen LogP) is 4.77. The molecule has 0 unspecified atom stereocenters. The van der Waals surface area contributed by atoms with Gasteiger partial charge in [0, 0.05) is 60.3 Å². The van der Waals surface area contributed by atoms with Gasteiger partial charge in [-0.05, 0) is 34.7 Å². The molecule has 5 rings (SSSR count). The topological polar surface area (TPSA) is 92.1 Å². The standard InChI is InChI=1S/C27H30BrN5O3/c1-2-18-13-20(29)7-8-23(18)31-17-35-33-16-19(15-28)26-22-6-4-3-5-21(22)25(14-24(26)33)36-27(34)32-11-9-30-10-12-32/h2-8,13-14,19,30-31H,1,9-12,15-17,29H2/t19-/m1/s1. The van der Waals surface area contributed by atoms with Crippen LogP contribution in [0, 0.1) is 0 Å². The zero-order chi connectivity index (χ0) is 25.1. The fraction of sp³-hybridized carbons (Fsp3) is 0.296. The van der Waals surface area contributed by atoms with Crippen molar-refractivity contribution in [3.05, 3.63) is 66.2 Å². The molecule has 3 aromatic carbocycles. The monoisotopic (exact) mass is 551 g/mol. The van der Waals surface area contributed by atoms with Gasteiger partial charge in [0.1, 0.15) is 12.5 Å². The van der Waals surface area contributed by atoms with E-state index in [1.54, 1.807) is 11.0 Å². The van der Waals surface area contributed by atoms with E-state index < -0.39 is 0 Å². The summed E-state index contributed by atoms with van der Waals surface area (Å²) in [6, 6.07) is 15.6. The number of anilines is 3. The number of hydrogen-bond donors (Lipinski definition) is 3. The number of nitrogens with one attached hydrogen (secondary N) is 2. The number of fused-ring (bicyclic) bond motifs is 3. The molecule has 0 bridgehead atoms. The Hall–Kier alpha value is -3.27. The summed E-state index contributed by atoms with van der Waals surface area (Å²) >= 11 is 3.68. The van der Waals surface area contributed by atoms with Crippen LogP contribution in [0.3, 0.4) is 0 Å². The number of nitrogens with zero attached hydrogens (tertiary/aromatic N) is 2. The van der Waals surface area contributed by atoms with Gasteiger partial charge in [-0.1, -0.05) is 52.9 Å². The van der Waals surface area contributed by atoms with Crippen molar-refractivity contribution < 1.29 is 14.4 Å². The van der Waals surface area contributed by atoms with Gasteiger partial charge >= 0.3 is 6.09 Å². The van der Waals surface area contributed by atoms with Gasteiger partial charge in [-0.3, -0.25) is 9.90 Å². The zero-order valence-electron chi connectivity index (χ0n) is 20.0. The number of benzene rings is 3. The number of carbonyl (C=O) groups is 1. The van der Waals surface area contributed by atoms with Crippen LogP contribution >= 0.6 is 15.9 Å². The number of hydroxylamine groups is 1. The van der Waals surface area contributed by atoms with E-state index >= 15 is 0 Å². The van der Waals surface area contributed by atoms with E-state index in [2.05, 4.69) is 39.2 Å². The average Bonchev–Trinajstić information content (AvgIpc) is 3.27. The first-order valence-electron chi connectivity index (χ1n) is 12.0. The van der Waals surface area contributed by atoms with E-state index in [4.69, 9.17) is 15.3 Å². The lowest BCUT2D eigenvalue weighted by Crippen LogP contribution is -2.47. The average molecular weight is 552 g/mol. The molecule has 0 radical (unpaired) electrons. The molecule has 1 fully saturated rings. The number of rotatable bonds is 7. The van der Waals surface area contributed by atoms with Gasteiger partial charge in [-0.2, -0.15) is 0 Å². The minimum atomic E-state index is -0.328. The molecular formula is C27H30BrN5O3. The first kappa shape index (κ1) is 24.4. The number of nitrogens with two attached hydrogens (primary N) is 1. The predicted molar refractivity (Wildman–Crippen MR) is 149 cm³/mol. The summed E-state index contributed by atoms with van der Waals surface area (Å²) in [5.74, 6) is 0.764.